The molecule has 0 aliphatic carbocycles. The smallest absolute Gasteiger partial charge is 0.242 e. The largest absolute Gasteiger partial charge is 0.356 e. The van der Waals surface area contributed by atoms with E-state index < -0.39 is 0 Å². The zero-order chi connectivity index (χ0) is 14.3. The third-order valence-electron chi connectivity index (χ3n) is 3.00. The molecule has 1 N–H and O–H groups in total. The van der Waals surface area contributed by atoms with Gasteiger partial charge in [0.1, 0.15) is 0 Å². The van der Waals surface area contributed by atoms with Crippen LogP contribution < -0.4 is 5.32 Å². The number of imide groups is 1. The summed E-state index contributed by atoms with van der Waals surface area (Å²) in [6.45, 7) is 4.66. The Kier molecular flexibility index (Phi) is 6.91. The van der Waals surface area contributed by atoms with Crippen LogP contribution in [0.15, 0.2) is 0 Å². The first-order valence-corrected chi connectivity index (χ1v) is 7.81. The molecule has 1 fully saturated rings. The lowest BCUT2D eigenvalue weighted by Crippen LogP contribution is -2.32. The quantitative estimate of drug-likeness (QED) is 0.537. The van der Waals surface area contributed by atoms with E-state index >= 15 is 0 Å². The van der Waals surface area contributed by atoms with Crippen molar-refractivity contribution in [3.8, 4) is 0 Å². The number of likely N-dealkylation sites (tertiary alicyclic amines) is 1. The predicted octanol–water partition coefficient (Wildman–Crippen LogP) is 1.17. The van der Waals surface area contributed by atoms with Crippen molar-refractivity contribution in [3.05, 3.63) is 0 Å². The van der Waals surface area contributed by atoms with Gasteiger partial charge in [-0.1, -0.05) is 6.92 Å². The lowest BCUT2D eigenvalue weighted by molar-refractivity contribution is -0.138. The fourth-order valence-electron chi connectivity index (χ4n) is 2.06. The average Bonchev–Trinajstić information content (AvgIpc) is 2.60. The highest BCUT2D eigenvalue weighted by Gasteiger charge is 2.37. The molecule has 1 heterocycles. The number of carbonyl (C=O) groups is 3. The van der Waals surface area contributed by atoms with Crippen LogP contribution in [0.3, 0.4) is 0 Å². The highest BCUT2D eigenvalue weighted by atomic mass is 32.2. The molecule has 0 saturated carbocycles. The molecular formula is C13H22N2O3S. The summed E-state index contributed by atoms with van der Waals surface area (Å²) in [7, 11) is 0. The maximum Gasteiger partial charge on any atom is 0.242 e. The van der Waals surface area contributed by atoms with E-state index in [0.29, 0.717) is 19.5 Å². The first-order valence-electron chi connectivity index (χ1n) is 6.76. The number of unbranched alkanes of at least 4 members (excludes halogenated alkanes) is 2. The van der Waals surface area contributed by atoms with Gasteiger partial charge in [-0.2, -0.15) is 0 Å². The van der Waals surface area contributed by atoms with Gasteiger partial charge in [0.25, 0.3) is 0 Å². The Morgan fingerprint density at radius 1 is 1.37 bits per heavy atom. The van der Waals surface area contributed by atoms with Gasteiger partial charge < -0.3 is 5.32 Å². The summed E-state index contributed by atoms with van der Waals surface area (Å²) < 4.78 is 0. The lowest BCUT2D eigenvalue weighted by Gasteiger charge is -2.14. The second-order valence-corrected chi connectivity index (χ2v) is 6.06. The molecular weight excluding hydrogens is 264 g/mol. The Labute approximate surface area is 118 Å². The number of hydrogen-bond acceptors (Lipinski definition) is 4. The molecule has 6 heteroatoms. The molecule has 1 atom stereocenters. The molecule has 5 nitrogen and oxygen atoms in total. The van der Waals surface area contributed by atoms with Crippen LogP contribution in [-0.2, 0) is 14.4 Å². The van der Waals surface area contributed by atoms with E-state index in [1.807, 2.05) is 6.92 Å². The molecule has 1 aliphatic heterocycles. The van der Waals surface area contributed by atoms with E-state index in [1.165, 1.54) is 11.8 Å². The summed E-state index contributed by atoms with van der Waals surface area (Å²) >= 11 is 1.55. The summed E-state index contributed by atoms with van der Waals surface area (Å²) in [6, 6.07) is 0. The van der Waals surface area contributed by atoms with Gasteiger partial charge in [0.15, 0.2) is 0 Å². The Bertz CT molecular complexity index is 347. The summed E-state index contributed by atoms with van der Waals surface area (Å²) in [4.78, 5) is 35.7. The van der Waals surface area contributed by atoms with Crippen molar-refractivity contribution in [1.29, 1.82) is 0 Å². The summed E-state index contributed by atoms with van der Waals surface area (Å²) in [6.07, 6.45) is 2.94. The standard InChI is InChI=1S/C13H22N2O3S/c1-3-19-11-9-12(17)15(13(11)18)8-6-4-5-7-14-10(2)16/h11H,3-9H2,1-2H3,(H,14,16). The number of nitrogens with zero attached hydrogens (tertiary/aromatic N) is 1. The van der Waals surface area contributed by atoms with E-state index in [2.05, 4.69) is 5.32 Å². The first-order chi connectivity index (χ1) is 9.06. The van der Waals surface area contributed by atoms with Gasteiger partial charge in [-0.25, -0.2) is 0 Å². The minimum atomic E-state index is -0.170. The molecule has 19 heavy (non-hydrogen) atoms. The Morgan fingerprint density at radius 2 is 2.11 bits per heavy atom. The SMILES string of the molecule is CCSC1CC(=O)N(CCCCCNC(C)=O)C1=O. The van der Waals surface area contributed by atoms with Crippen molar-refractivity contribution in [1.82, 2.24) is 10.2 Å². The fourth-order valence-corrected chi connectivity index (χ4v) is 2.99. The molecule has 0 aromatic heterocycles. The van der Waals surface area contributed by atoms with Crippen LogP contribution >= 0.6 is 11.8 Å². The van der Waals surface area contributed by atoms with Gasteiger partial charge in [0.05, 0.1) is 5.25 Å². The maximum absolute atomic E-state index is 11.9. The number of carbonyl (C=O) groups excluding carboxylic acids is 3. The van der Waals surface area contributed by atoms with Crippen LogP contribution in [0.5, 0.6) is 0 Å². The Morgan fingerprint density at radius 3 is 2.74 bits per heavy atom. The molecule has 0 radical (unpaired) electrons. The van der Waals surface area contributed by atoms with Gasteiger partial charge in [-0.05, 0) is 25.0 Å². The number of rotatable bonds is 8. The number of hydrogen-bond donors (Lipinski definition) is 1. The van der Waals surface area contributed by atoms with Gasteiger partial charge in [0.2, 0.25) is 17.7 Å². The van der Waals surface area contributed by atoms with Crippen LogP contribution in [0.1, 0.15) is 39.5 Å². The van der Waals surface area contributed by atoms with E-state index in [9.17, 15) is 14.4 Å². The van der Waals surface area contributed by atoms with Crippen LogP contribution in [0, 0.1) is 0 Å². The van der Waals surface area contributed by atoms with E-state index in [4.69, 9.17) is 0 Å². The lowest BCUT2D eigenvalue weighted by atomic mass is 10.2. The maximum atomic E-state index is 11.9. The third kappa shape index (κ3) is 5.22. The van der Waals surface area contributed by atoms with Crippen LogP contribution in [0.25, 0.3) is 0 Å². The highest BCUT2D eigenvalue weighted by Crippen LogP contribution is 2.25. The molecule has 1 rings (SSSR count). The monoisotopic (exact) mass is 286 g/mol. The average molecular weight is 286 g/mol. The van der Waals surface area contributed by atoms with E-state index in [1.54, 1.807) is 11.8 Å². The zero-order valence-electron chi connectivity index (χ0n) is 11.6. The summed E-state index contributed by atoms with van der Waals surface area (Å²) in [5, 5.41) is 2.56. The Balaban J connectivity index is 2.20. The molecule has 0 spiro atoms. The molecule has 0 bridgehead atoms. The van der Waals surface area contributed by atoms with Gasteiger partial charge in [0, 0.05) is 26.4 Å². The first kappa shape index (κ1) is 16.0. The fraction of sp³-hybridized carbons (Fsp3) is 0.769. The zero-order valence-corrected chi connectivity index (χ0v) is 12.4. The van der Waals surface area contributed by atoms with Gasteiger partial charge >= 0.3 is 0 Å². The van der Waals surface area contributed by atoms with Crippen molar-refractivity contribution in [3.63, 3.8) is 0 Å². The van der Waals surface area contributed by atoms with Crippen LogP contribution in [0.2, 0.25) is 0 Å². The number of nitrogens with one attached hydrogen (secondary N) is 1. The predicted molar refractivity (Wildman–Crippen MR) is 75.8 cm³/mol. The molecule has 108 valence electrons. The minimum Gasteiger partial charge on any atom is -0.356 e. The third-order valence-corrected chi connectivity index (χ3v) is 4.11. The van der Waals surface area contributed by atoms with Gasteiger partial charge in [-0.3, -0.25) is 19.3 Å². The highest BCUT2D eigenvalue weighted by molar-refractivity contribution is 8.00. The normalized spacial score (nSPS) is 19.1. The minimum absolute atomic E-state index is 0.0238. The van der Waals surface area contributed by atoms with Crippen molar-refractivity contribution in [2.45, 2.75) is 44.8 Å². The number of amides is 3. The van der Waals surface area contributed by atoms with Crippen LogP contribution in [-0.4, -0.2) is 46.7 Å². The molecule has 1 saturated heterocycles. The summed E-state index contributed by atoms with van der Waals surface area (Å²) in [5.74, 6) is 0.759. The molecule has 1 aliphatic rings. The molecule has 3 amide bonds. The molecule has 0 aromatic rings. The molecule has 1 unspecified atom stereocenters. The van der Waals surface area contributed by atoms with Crippen LogP contribution in [0.4, 0.5) is 0 Å². The molecule has 0 aromatic carbocycles. The Hall–Kier alpha value is -1.04. The van der Waals surface area contributed by atoms with E-state index in [-0.39, 0.29) is 23.0 Å². The van der Waals surface area contributed by atoms with Crippen molar-refractivity contribution < 1.29 is 14.4 Å². The second-order valence-electron chi connectivity index (χ2n) is 4.58. The second kappa shape index (κ2) is 8.19. The topological polar surface area (TPSA) is 66.5 Å². The number of thioether (sulfide) groups is 1. The van der Waals surface area contributed by atoms with Crippen molar-refractivity contribution >= 4 is 29.5 Å². The van der Waals surface area contributed by atoms with E-state index in [0.717, 1.165) is 25.0 Å². The van der Waals surface area contributed by atoms with Crippen molar-refractivity contribution in [2.75, 3.05) is 18.8 Å². The van der Waals surface area contributed by atoms with Gasteiger partial charge in [-0.15, -0.1) is 11.8 Å². The summed E-state index contributed by atoms with van der Waals surface area (Å²) in [5.41, 5.74) is 0. The van der Waals surface area contributed by atoms with Crippen molar-refractivity contribution in [2.24, 2.45) is 0 Å².